The van der Waals surface area contributed by atoms with Gasteiger partial charge in [-0.05, 0) is 55.3 Å². The van der Waals surface area contributed by atoms with Crippen LogP contribution in [-0.2, 0) is 4.79 Å². The van der Waals surface area contributed by atoms with Crippen molar-refractivity contribution < 1.29 is 19.1 Å². The number of rotatable bonds is 1. The fourth-order valence-electron chi connectivity index (χ4n) is 3.92. The van der Waals surface area contributed by atoms with Crippen LogP contribution < -0.4 is 9.47 Å². The molecule has 2 aliphatic heterocycles. The number of Topliss-reactive ketones (excluding diaryl/α,β-unsaturated/α-hetero) is 1. The van der Waals surface area contributed by atoms with E-state index in [1.54, 1.807) is 18.3 Å². The Morgan fingerprint density at radius 3 is 2.75 bits per heavy atom. The Morgan fingerprint density at radius 2 is 1.93 bits per heavy atom. The van der Waals surface area contributed by atoms with Crippen LogP contribution in [0.25, 0.3) is 10.9 Å². The molecule has 0 aliphatic carbocycles. The van der Waals surface area contributed by atoms with Crippen LogP contribution in [0.2, 0.25) is 0 Å². The Kier molecular flexibility index (Phi) is 3.59. The van der Waals surface area contributed by atoms with E-state index in [0.29, 0.717) is 22.8 Å². The molecule has 138 valence electrons. The minimum atomic E-state index is -0.296. The average Bonchev–Trinajstić information content (AvgIpc) is 3.04. The quantitative estimate of drug-likeness (QED) is 0.357. The highest BCUT2D eigenvalue weighted by Gasteiger charge is 2.38. The number of carbonyl (C=O) groups is 2. The molecule has 3 heterocycles. The number of ketones is 1. The Bertz CT molecular complexity index is 1200. The molecule has 3 aromatic rings. The smallest absolute Gasteiger partial charge is 0.312 e. The molecule has 2 aliphatic rings. The van der Waals surface area contributed by atoms with Crippen LogP contribution in [-0.4, -0.2) is 16.7 Å². The standard InChI is InChI=1S/C23H17NO4/c1-12(2)22-21(26)15-6-8-18-20(23(15)28-22)16(11-19(25)27-18)13-5-7-17-14(10-13)4-3-9-24-17/h3-10,16H,11H2,1-2H3. The van der Waals surface area contributed by atoms with Crippen LogP contribution >= 0.6 is 0 Å². The molecular weight excluding hydrogens is 354 g/mol. The molecule has 28 heavy (non-hydrogen) atoms. The van der Waals surface area contributed by atoms with Gasteiger partial charge in [-0.2, -0.15) is 0 Å². The first-order valence-corrected chi connectivity index (χ1v) is 9.15. The summed E-state index contributed by atoms with van der Waals surface area (Å²) in [5.41, 5.74) is 3.94. The van der Waals surface area contributed by atoms with Crippen molar-refractivity contribution in [3.8, 4) is 11.5 Å². The lowest BCUT2D eigenvalue weighted by atomic mass is 9.84. The summed E-state index contributed by atoms with van der Waals surface area (Å²) in [6.45, 7) is 3.69. The Morgan fingerprint density at radius 1 is 1.07 bits per heavy atom. The van der Waals surface area contributed by atoms with Gasteiger partial charge in [0, 0.05) is 23.1 Å². The van der Waals surface area contributed by atoms with E-state index in [9.17, 15) is 9.59 Å². The number of aromatic nitrogens is 1. The van der Waals surface area contributed by atoms with Crippen LogP contribution in [0.1, 0.15) is 47.7 Å². The summed E-state index contributed by atoms with van der Waals surface area (Å²) in [4.78, 5) is 29.3. The minimum absolute atomic E-state index is 0.129. The monoisotopic (exact) mass is 371 g/mol. The van der Waals surface area contributed by atoms with Crippen molar-refractivity contribution in [2.45, 2.75) is 26.2 Å². The molecule has 5 nitrogen and oxygen atoms in total. The van der Waals surface area contributed by atoms with Gasteiger partial charge in [-0.1, -0.05) is 12.1 Å². The number of esters is 1. The van der Waals surface area contributed by atoms with Gasteiger partial charge in [0.05, 0.1) is 17.5 Å². The van der Waals surface area contributed by atoms with Crippen LogP contribution in [0.15, 0.2) is 60.0 Å². The van der Waals surface area contributed by atoms with E-state index in [2.05, 4.69) is 4.98 Å². The molecule has 5 rings (SSSR count). The number of pyridine rings is 1. The molecule has 0 bridgehead atoms. The van der Waals surface area contributed by atoms with Gasteiger partial charge in [0.1, 0.15) is 11.5 Å². The lowest BCUT2D eigenvalue weighted by molar-refractivity contribution is -0.135. The first-order valence-electron chi connectivity index (χ1n) is 9.15. The SMILES string of the molecule is CC(C)=C1Oc2c(ccc3c2C(c2ccc4ncccc4c2)CC(=O)O3)C1=O. The van der Waals surface area contributed by atoms with Gasteiger partial charge >= 0.3 is 5.97 Å². The molecule has 0 fully saturated rings. The van der Waals surface area contributed by atoms with E-state index in [-0.39, 0.29) is 24.1 Å². The van der Waals surface area contributed by atoms with E-state index in [1.807, 2.05) is 44.2 Å². The molecule has 0 N–H and O–H groups in total. The molecule has 0 saturated heterocycles. The third-order valence-electron chi connectivity index (χ3n) is 5.24. The largest absolute Gasteiger partial charge is 0.452 e. The highest BCUT2D eigenvalue weighted by atomic mass is 16.5. The molecule has 5 heteroatoms. The number of carbonyl (C=O) groups excluding carboxylic acids is 2. The number of fused-ring (bicyclic) bond motifs is 4. The minimum Gasteiger partial charge on any atom is -0.452 e. The number of hydrogen-bond acceptors (Lipinski definition) is 5. The molecule has 1 atom stereocenters. The van der Waals surface area contributed by atoms with E-state index in [4.69, 9.17) is 9.47 Å². The Labute approximate surface area is 161 Å². The number of nitrogens with zero attached hydrogens (tertiary/aromatic N) is 1. The summed E-state index contributed by atoms with van der Waals surface area (Å²) in [6, 6.07) is 13.2. The summed E-state index contributed by atoms with van der Waals surface area (Å²) in [5, 5.41) is 0.995. The summed E-state index contributed by atoms with van der Waals surface area (Å²) < 4.78 is 11.4. The van der Waals surface area contributed by atoms with Crippen LogP contribution in [0.5, 0.6) is 11.5 Å². The summed E-state index contributed by atoms with van der Waals surface area (Å²) in [6.07, 6.45) is 1.94. The first-order chi connectivity index (χ1) is 13.5. The van der Waals surface area contributed by atoms with Crippen molar-refractivity contribution in [2.24, 2.45) is 0 Å². The van der Waals surface area contributed by atoms with Gasteiger partial charge in [-0.3, -0.25) is 14.6 Å². The van der Waals surface area contributed by atoms with Gasteiger partial charge in [-0.15, -0.1) is 0 Å². The highest BCUT2D eigenvalue weighted by molar-refractivity contribution is 6.13. The molecule has 1 aromatic heterocycles. The second kappa shape index (κ2) is 6.02. The average molecular weight is 371 g/mol. The fraction of sp³-hybridized carbons (Fsp3) is 0.174. The third-order valence-corrected chi connectivity index (χ3v) is 5.24. The molecule has 1 unspecified atom stereocenters. The third kappa shape index (κ3) is 2.43. The lowest BCUT2D eigenvalue weighted by Crippen LogP contribution is -2.21. The predicted molar refractivity (Wildman–Crippen MR) is 104 cm³/mol. The zero-order valence-electron chi connectivity index (χ0n) is 15.5. The van der Waals surface area contributed by atoms with Gasteiger partial charge in [-0.25, -0.2) is 0 Å². The maximum absolute atomic E-state index is 12.7. The second-order valence-corrected chi connectivity index (χ2v) is 7.30. The first kappa shape index (κ1) is 16.7. The zero-order valence-corrected chi connectivity index (χ0v) is 15.5. The van der Waals surface area contributed by atoms with Crippen molar-refractivity contribution in [1.82, 2.24) is 4.98 Å². The van der Waals surface area contributed by atoms with E-state index in [1.165, 1.54) is 0 Å². The second-order valence-electron chi connectivity index (χ2n) is 7.30. The van der Waals surface area contributed by atoms with E-state index in [0.717, 1.165) is 27.6 Å². The van der Waals surface area contributed by atoms with Crippen LogP contribution in [0, 0.1) is 0 Å². The molecule has 0 amide bonds. The Hall–Kier alpha value is -3.47. The predicted octanol–water partition coefficient (Wildman–Crippen LogP) is 4.54. The highest BCUT2D eigenvalue weighted by Crippen LogP contribution is 2.49. The molecule has 0 saturated carbocycles. The number of ether oxygens (including phenoxy) is 2. The lowest BCUT2D eigenvalue weighted by Gasteiger charge is -2.26. The maximum atomic E-state index is 12.7. The van der Waals surface area contributed by atoms with Crippen LogP contribution in [0.3, 0.4) is 0 Å². The number of hydrogen-bond donors (Lipinski definition) is 0. The topological polar surface area (TPSA) is 65.5 Å². The maximum Gasteiger partial charge on any atom is 0.312 e. The molecule has 0 radical (unpaired) electrons. The number of benzene rings is 2. The number of allylic oxidation sites excluding steroid dienone is 2. The normalized spacial score (nSPS) is 17.8. The van der Waals surface area contributed by atoms with Gasteiger partial charge in [0.25, 0.3) is 0 Å². The van der Waals surface area contributed by atoms with Gasteiger partial charge < -0.3 is 9.47 Å². The van der Waals surface area contributed by atoms with Crippen LogP contribution in [0.4, 0.5) is 0 Å². The fourth-order valence-corrected chi connectivity index (χ4v) is 3.92. The molecular formula is C23H17NO4. The van der Waals surface area contributed by atoms with Crippen molar-refractivity contribution in [3.63, 3.8) is 0 Å². The molecule has 2 aromatic carbocycles. The van der Waals surface area contributed by atoms with E-state index < -0.39 is 0 Å². The molecule has 0 spiro atoms. The van der Waals surface area contributed by atoms with Crippen molar-refractivity contribution >= 4 is 22.7 Å². The van der Waals surface area contributed by atoms with Crippen molar-refractivity contribution in [3.05, 3.63) is 76.7 Å². The van der Waals surface area contributed by atoms with Crippen molar-refractivity contribution in [1.29, 1.82) is 0 Å². The summed E-state index contributed by atoms with van der Waals surface area (Å²) in [5.74, 6) is 0.630. The van der Waals surface area contributed by atoms with E-state index >= 15 is 0 Å². The Balaban J connectivity index is 1.72. The van der Waals surface area contributed by atoms with Gasteiger partial charge in [0.15, 0.2) is 5.76 Å². The van der Waals surface area contributed by atoms with Crippen molar-refractivity contribution in [2.75, 3.05) is 0 Å². The van der Waals surface area contributed by atoms with Gasteiger partial charge in [0.2, 0.25) is 5.78 Å². The zero-order chi connectivity index (χ0) is 19.4. The summed E-state index contributed by atoms with van der Waals surface area (Å²) >= 11 is 0. The summed E-state index contributed by atoms with van der Waals surface area (Å²) in [7, 11) is 0.